The van der Waals surface area contributed by atoms with Crippen LogP contribution in [0.2, 0.25) is 0 Å². The number of fused-ring (bicyclic) bond motifs is 2. The van der Waals surface area contributed by atoms with Crippen molar-refractivity contribution in [1.29, 1.82) is 0 Å². The Kier molecular flexibility index (Phi) is 7.09. The number of aromatic nitrogens is 1. The summed E-state index contributed by atoms with van der Waals surface area (Å²) in [5.74, 6) is 1.88. The van der Waals surface area contributed by atoms with E-state index in [0.717, 1.165) is 33.7 Å². The summed E-state index contributed by atoms with van der Waals surface area (Å²) in [7, 11) is 4.66. The maximum atomic E-state index is 13.5. The highest BCUT2D eigenvalue weighted by Crippen LogP contribution is 2.43. The van der Waals surface area contributed by atoms with E-state index in [1.807, 2.05) is 60.7 Å². The molecule has 7 heteroatoms. The second-order valence-corrected chi connectivity index (χ2v) is 8.82. The van der Waals surface area contributed by atoms with Crippen LogP contribution in [0.3, 0.4) is 0 Å². The maximum absolute atomic E-state index is 13.5. The number of benzene rings is 4. The van der Waals surface area contributed by atoms with Gasteiger partial charge in [0.15, 0.2) is 11.5 Å². The van der Waals surface area contributed by atoms with Crippen LogP contribution in [0.1, 0.15) is 28.5 Å². The molecule has 0 saturated carbocycles. The van der Waals surface area contributed by atoms with Gasteiger partial charge in [0.1, 0.15) is 18.1 Å². The van der Waals surface area contributed by atoms with Crippen LogP contribution in [0.15, 0.2) is 72.8 Å². The predicted molar refractivity (Wildman–Crippen MR) is 150 cm³/mol. The molecule has 0 atom stereocenters. The Morgan fingerprint density at radius 2 is 1.53 bits per heavy atom. The molecule has 0 spiro atoms. The molecule has 194 valence electrons. The summed E-state index contributed by atoms with van der Waals surface area (Å²) in [6.07, 6.45) is 0.740. The van der Waals surface area contributed by atoms with Crippen LogP contribution in [0.25, 0.3) is 21.7 Å². The van der Waals surface area contributed by atoms with Gasteiger partial charge < -0.3 is 29.2 Å². The monoisotopic (exact) mass is 510 g/mol. The molecular formula is C31H30N2O5. The quantitative estimate of drug-likeness (QED) is 0.229. The van der Waals surface area contributed by atoms with Crippen molar-refractivity contribution < 1.29 is 23.7 Å². The van der Waals surface area contributed by atoms with E-state index in [4.69, 9.17) is 18.9 Å². The summed E-state index contributed by atoms with van der Waals surface area (Å²) in [4.78, 5) is 16.7. The first-order chi connectivity index (χ1) is 18.6. The third kappa shape index (κ3) is 4.59. The molecule has 0 bridgehead atoms. The Bertz CT molecular complexity index is 1610. The van der Waals surface area contributed by atoms with Crippen LogP contribution in [0, 0.1) is 0 Å². The highest BCUT2D eigenvalue weighted by atomic mass is 16.5. The average molecular weight is 511 g/mol. The molecule has 1 heterocycles. The Hall–Kier alpha value is -4.65. The van der Waals surface area contributed by atoms with Gasteiger partial charge in [-0.25, -0.2) is 0 Å². The van der Waals surface area contributed by atoms with E-state index >= 15 is 0 Å². The molecule has 0 radical (unpaired) electrons. The smallest absolute Gasteiger partial charge is 0.272 e. The summed E-state index contributed by atoms with van der Waals surface area (Å²) in [6, 6.07) is 23.6. The number of methoxy groups -OCH3 is 3. The van der Waals surface area contributed by atoms with Crippen molar-refractivity contribution in [1.82, 2.24) is 4.98 Å². The molecule has 0 saturated heterocycles. The number of carbonyl (C=O) groups is 1. The Morgan fingerprint density at radius 1 is 0.816 bits per heavy atom. The first kappa shape index (κ1) is 25.0. The van der Waals surface area contributed by atoms with Crippen molar-refractivity contribution in [2.45, 2.75) is 20.0 Å². The molecule has 2 N–H and O–H groups in total. The zero-order valence-electron chi connectivity index (χ0n) is 21.9. The van der Waals surface area contributed by atoms with Crippen LogP contribution in [0.4, 0.5) is 5.69 Å². The molecule has 38 heavy (non-hydrogen) atoms. The normalized spacial score (nSPS) is 10.9. The van der Waals surface area contributed by atoms with Gasteiger partial charge in [-0.15, -0.1) is 0 Å². The zero-order valence-corrected chi connectivity index (χ0v) is 21.9. The summed E-state index contributed by atoms with van der Waals surface area (Å²) in [6.45, 7) is 2.50. The number of amides is 1. The van der Waals surface area contributed by atoms with Crippen LogP contribution < -0.4 is 24.3 Å². The van der Waals surface area contributed by atoms with Crippen molar-refractivity contribution in [2.24, 2.45) is 0 Å². The lowest BCUT2D eigenvalue weighted by Crippen LogP contribution is -2.14. The van der Waals surface area contributed by atoms with Gasteiger partial charge in [0.05, 0.1) is 26.8 Å². The number of hydrogen-bond acceptors (Lipinski definition) is 5. The van der Waals surface area contributed by atoms with Crippen LogP contribution >= 0.6 is 0 Å². The van der Waals surface area contributed by atoms with Crippen molar-refractivity contribution in [3.05, 3.63) is 89.6 Å². The van der Waals surface area contributed by atoms with Crippen molar-refractivity contribution in [2.75, 3.05) is 26.6 Å². The van der Waals surface area contributed by atoms with Crippen LogP contribution in [-0.4, -0.2) is 32.2 Å². The lowest BCUT2D eigenvalue weighted by molar-refractivity contribution is 0.102. The first-order valence-corrected chi connectivity index (χ1v) is 12.4. The third-order valence-corrected chi connectivity index (χ3v) is 6.62. The largest absolute Gasteiger partial charge is 0.493 e. The molecule has 4 aromatic carbocycles. The maximum Gasteiger partial charge on any atom is 0.272 e. The fourth-order valence-electron chi connectivity index (χ4n) is 4.81. The molecule has 0 fully saturated rings. The lowest BCUT2D eigenvalue weighted by atomic mass is 9.99. The van der Waals surface area contributed by atoms with E-state index in [1.165, 1.54) is 0 Å². The van der Waals surface area contributed by atoms with Gasteiger partial charge in [-0.05, 0) is 35.1 Å². The summed E-state index contributed by atoms with van der Waals surface area (Å²) in [5, 5.41) is 5.93. The number of anilines is 1. The van der Waals surface area contributed by atoms with Gasteiger partial charge in [0, 0.05) is 22.5 Å². The Labute approximate surface area is 221 Å². The number of aromatic amines is 1. The van der Waals surface area contributed by atoms with E-state index in [1.54, 1.807) is 27.4 Å². The fraction of sp³-hybridized carbons (Fsp3) is 0.194. The van der Waals surface area contributed by atoms with Crippen molar-refractivity contribution >= 4 is 33.3 Å². The first-order valence-electron chi connectivity index (χ1n) is 12.4. The molecular weight excluding hydrogens is 480 g/mol. The minimum atomic E-state index is -0.278. The SMILES string of the molecule is CCc1c(NC(=O)c2cc3cc(OC)c(OC)c(OC)c3[nH]2)cc(OCc2ccccc2)c2ccccc12. The van der Waals surface area contributed by atoms with E-state index in [9.17, 15) is 4.79 Å². The van der Waals surface area contributed by atoms with E-state index in [2.05, 4.69) is 23.3 Å². The average Bonchev–Trinajstić information content (AvgIpc) is 3.39. The van der Waals surface area contributed by atoms with Gasteiger partial charge >= 0.3 is 0 Å². The second-order valence-electron chi connectivity index (χ2n) is 8.82. The zero-order chi connectivity index (χ0) is 26.6. The molecule has 0 aliphatic heterocycles. The van der Waals surface area contributed by atoms with E-state index in [0.29, 0.717) is 46.5 Å². The molecule has 0 aliphatic rings. The van der Waals surface area contributed by atoms with E-state index < -0.39 is 0 Å². The minimum absolute atomic E-state index is 0.278. The Balaban J connectivity index is 1.53. The number of nitrogens with one attached hydrogen (secondary N) is 2. The number of carbonyl (C=O) groups excluding carboxylic acids is 1. The standard InChI is InChI=1S/C31H30N2O5/c1-5-21-22-13-9-10-14-23(22)26(38-18-19-11-7-6-8-12-19)17-24(21)33-31(34)25-15-20-16-27(35-2)29(36-3)30(37-4)28(20)32-25/h6-17,32H,5,18H2,1-4H3,(H,33,34). The second kappa shape index (κ2) is 10.8. The molecule has 0 aliphatic carbocycles. The summed E-state index contributed by atoms with van der Waals surface area (Å²) in [5.41, 5.74) is 3.85. The molecule has 5 rings (SSSR count). The number of hydrogen-bond donors (Lipinski definition) is 2. The van der Waals surface area contributed by atoms with Gasteiger partial charge in [-0.1, -0.05) is 61.5 Å². The van der Waals surface area contributed by atoms with Gasteiger partial charge in [-0.3, -0.25) is 4.79 Å². The molecule has 1 aromatic heterocycles. The Morgan fingerprint density at radius 3 is 2.21 bits per heavy atom. The highest BCUT2D eigenvalue weighted by Gasteiger charge is 2.21. The number of aryl methyl sites for hydroxylation is 1. The number of rotatable bonds is 9. The highest BCUT2D eigenvalue weighted by molar-refractivity contribution is 6.09. The van der Waals surface area contributed by atoms with Crippen molar-refractivity contribution in [3.63, 3.8) is 0 Å². The van der Waals surface area contributed by atoms with Crippen LogP contribution in [0.5, 0.6) is 23.0 Å². The minimum Gasteiger partial charge on any atom is -0.493 e. The summed E-state index contributed by atoms with van der Waals surface area (Å²) < 4.78 is 22.8. The lowest BCUT2D eigenvalue weighted by Gasteiger charge is -2.17. The van der Waals surface area contributed by atoms with Gasteiger partial charge in [0.2, 0.25) is 5.75 Å². The molecule has 1 amide bonds. The van der Waals surface area contributed by atoms with E-state index in [-0.39, 0.29) is 5.91 Å². The number of ether oxygens (including phenoxy) is 4. The molecule has 7 nitrogen and oxygen atoms in total. The van der Waals surface area contributed by atoms with Crippen LogP contribution in [-0.2, 0) is 13.0 Å². The summed E-state index contributed by atoms with van der Waals surface area (Å²) >= 11 is 0. The molecule has 0 unspecified atom stereocenters. The topological polar surface area (TPSA) is 81.8 Å². The predicted octanol–water partition coefficient (Wildman–Crippen LogP) is 6.74. The van der Waals surface area contributed by atoms with Gasteiger partial charge in [-0.2, -0.15) is 0 Å². The third-order valence-electron chi connectivity index (χ3n) is 6.62. The van der Waals surface area contributed by atoms with Crippen molar-refractivity contribution in [3.8, 4) is 23.0 Å². The van der Waals surface area contributed by atoms with Gasteiger partial charge in [0.25, 0.3) is 5.91 Å². The fourth-order valence-corrected chi connectivity index (χ4v) is 4.81. The molecule has 5 aromatic rings. The number of H-pyrrole nitrogens is 1.